The first-order valence-electron chi connectivity index (χ1n) is 4.64. The van der Waals surface area contributed by atoms with Gasteiger partial charge in [0.1, 0.15) is 0 Å². The topological polar surface area (TPSA) is 71.4 Å². The van der Waals surface area contributed by atoms with Crippen molar-refractivity contribution in [1.29, 1.82) is 0 Å². The summed E-state index contributed by atoms with van der Waals surface area (Å²) in [4.78, 5) is 10.8. The maximum Gasteiger partial charge on any atom is 0.337 e. The molecule has 0 amide bonds. The van der Waals surface area contributed by atoms with E-state index in [4.69, 9.17) is 16.7 Å². The summed E-state index contributed by atoms with van der Waals surface area (Å²) in [5, 5.41) is 8.85. The molecular formula is C11H11ClO4S. The van der Waals surface area contributed by atoms with Gasteiger partial charge in [0.2, 0.25) is 0 Å². The van der Waals surface area contributed by atoms with Crippen LogP contribution in [-0.4, -0.2) is 25.2 Å². The Balaban J connectivity index is 3.30. The third-order valence-electron chi connectivity index (χ3n) is 1.96. The van der Waals surface area contributed by atoms with Crippen LogP contribution in [0.1, 0.15) is 17.3 Å². The van der Waals surface area contributed by atoms with Crippen LogP contribution in [0.15, 0.2) is 35.2 Å². The van der Waals surface area contributed by atoms with Crippen molar-refractivity contribution < 1.29 is 18.3 Å². The van der Waals surface area contributed by atoms with Crippen molar-refractivity contribution in [2.24, 2.45) is 0 Å². The van der Waals surface area contributed by atoms with Gasteiger partial charge in [-0.15, -0.1) is 0 Å². The molecule has 6 heteroatoms. The minimum Gasteiger partial charge on any atom is -0.478 e. The third kappa shape index (κ3) is 3.31. The van der Waals surface area contributed by atoms with Crippen molar-refractivity contribution in [3.05, 3.63) is 40.9 Å². The maximum atomic E-state index is 11.8. The standard InChI is InChI=1S/C11H11ClO4S/c1-7(2)6-17(15,16)8-3-4-10(12)9(5-8)11(13)14/h3-5H,1,6H2,2H3,(H,13,14). The van der Waals surface area contributed by atoms with Gasteiger partial charge >= 0.3 is 5.97 Å². The molecule has 0 aliphatic rings. The van der Waals surface area contributed by atoms with Crippen molar-refractivity contribution in [3.63, 3.8) is 0 Å². The number of sulfone groups is 1. The van der Waals surface area contributed by atoms with Crippen LogP contribution in [0.25, 0.3) is 0 Å². The minimum atomic E-state index is -3.55. The van der Waals surface area contributed by atoms with E-state index >= 15 is 0 Å². The summed E-state index contributed by atoms with van der Waals surface area (Å²) >= 11 is 5.65. The zero-order valence-electron chi connectivity index (χ0n) is 9.10. The second-order valence-electron chi connectivity index (χ2n) is 3.66. The van der Waals surface area contributed by atoms with Gasteiger partial charge in [-0.3, -0.25) is 0 Å². The lowest BCUT2D eigenvalue weighted by atomic mass is 10.2. The van der Waals surface area contributed by atoms with Gasteiger partial charge in [-0.2, -0.15) is 0 Å². The average molecular weight is 275 g/mol. The van der Waals surface area contributed by atoms with Crippen molar-refractivity contribution in [3.8, 4) is 0 Å². The molecule has 0 bridgehead atoms. The van der Waals surface area contributed by atoms with Gasteiger partial charge < -0.3 is 5.11 Å². The van der Waals surface area contributed by atoms with Crippen molar-refractivity contribution >= 4 is 27.4 Å². The smallest absolute Gasteiger partial charge is 0.337 e. The molecule has 4 nitrogen and oxygen atoms in total. The minimum absolute atomic E-state index is 0.00627. The fraction of sp³-hybridized carbons (Fsp3) is 0.182. The maximum absolute atomic E-state index is 11.8. The SMILES string of the molecule is C=C(C)CS(=O)(=O)c1ccc(Cl)c(C(=O)O)c1. The lowest BCUT2D eigenvalue weighted by Crippen LogP contribution is -2.09. The van der Waals surface area contributed by atoms with Crippen molar-refractivity contribution in [2.75, 3.05) is 5.75 Å². The molecule has 0 aliphatic heterocycles. The van der Waals surface area contributed by atoms with Crippen LogP contribution in [0.3, 0.4) is 0 Å². The number of aromatic carboxylic acids is 1. The predicted molar refractivity (Wildman–Crippen MR) is 65.3 cm³/mol. The second kappa shape index (κ2) is 4.89. The van der Waals surface area contributed by atoms with Gasteiger partial charge in [0, 0.05) is 0 Å². The molecule has 0 radical (unpaired) electrons. The quantitative estimate of drug-likeness (QED) is 0.856. The Labute approximate surface area is 104 Å². The molecule has 92 valence electrons. The lowest BCUT2D eigenvalue weighted by Gasteiger charge is -2.06. The van der Waals surface area contributed by atoms with E-state index < -0.39 is 15.8 Å². The van der Waals surface area contributed by atoms with E-state index in [0.29, 0.717) is 5.57 Å². The molecule has 0 unspecified atom stereocenters. The first kappa shape index (κ1) is 13.7. The van der Waals surface area contributed by atoms with Gasteiger partial charge in [0.25, 0.3) is 0 Å². The zero-order chi connectivity index (χ0) is 13.2. The summed E-state index contributed by atoms with van der Waals surface area (Å²) in [6.45, 7) is 5.11. The highest BCUT2D eigenvalue weighted by atomic mass is 35.5. The molecule has 0 aliphatic carbocycles. The van der Waals surface area contributed by atoms with Gasteiger partial charge in [0.15, 0.2) is 9.84 Å². The second-order valence-corrected chi connectivity index (χ2v) is 6.06. The molecule has 0 fully saturated rings. The van der Waals surface area contributed by atoms with E-state index in [0.717, 1.165) is 6.07 Å². The van der Waals surface area contributed by atoms with Crippen LogP contribution in [0, 0.1) is 0 Å². The highest BCUT2D eigenvalue weighted by Crippen LogP contribution is 2.22. The van der Waals surface area contributed by atoms with E-state index in [1.54, 1.807) is 6.92 Å². The first-order chi connectivity index (χ1) is 7.74. The Morgan fingerprint density at radius 2 is 2.06 bits per heavy atom. The lowest BCUT2D eigenvalue weighted by molar-refractivity contribution is 0.0697. The van der Waals surface area contributed by atoms with Crippen LogP contribution in [0.5, 0.6) is 0 Å². The third-order valence-corrected chi connectivity index (χ3v) is 4.14. The van der Waals surface area contributed by atoms with E-state index in [9.17, 15) is 13.2 Å². The first-order valence-corrected chi connectivity index (χ1v) is 6.67. The normalized spacial score (nSPS) is 11.2. The van der Waals surface area contributed by atoms with Gasteiger partial charge in [-0.05, 0) is 25.1 Å². The van der Waals surface area contributed by atoms with Crippen molar-refractivity contribution in [2.45, 2.75) is 11.8 Å². The Kier molecular flexibility index (Phi) is 3.95. The molecule has 0 atom stereocenters. The fourth-order valence-electron chi connectivity index (χ4n) is 1.27. The Morgan fingerprint density at radius 1 is 1.47 bits per heavy atom. The van der Waals surface area contributed by atoms with E-state index in [1.807, 2.05) is 0 Å². The van der Waals surface area contributed by atoms with E-state index in [-0.39, 0.29) is 21.2 Å². The summed E-state index contributed by atoms with van der Waals surface area (Å²) in [6.07, 6.45) is 0. The molecule has 0 spiro atoms. The molecule has 1 rings (SSSR count). The number of carbonyl (C=O) groups is 1. The van der Waals surface area contributed by atoms with E-state index in [2.05, 4.69) is 6.58 Å². The van der Waals surface area contributed by atoms with Crippen LogP contribution >= 0.6 is 11.6 Å². The highest BCUT2D eigenvalue weighted by molar-refractivity contribution is 7.91. The molecular weight excluding hydrogens is 264 g/mol. The van der Waals surface area contributed by atoms with Crippen LogP contribution in [-0.2, 0) is 9.84 Å². The molecule has 0 aromatic heterocycles. The summed E-state index contributed by atoms with van der Waals surface area (Å²) < 4.78 is 23.7. The number of hydrogen-bond donors (Lipinski definition) is 1. The molecule has 1 aromatic rings. The van der Waals surface area contributed by atoms with Crippen LogP contribution < -0.4 is 0 Å². The monoisotopic (exact) mass is 274 g/mol. The molecule has 0 saturated heterocycles. The highest BCUT2D eigenvalue weighted by Gasteiger charge is 2.18. The number of benzene rings is 1. The summed E-state index contributed by atoms with van der Waals surface area (Å²) in [7, 11) is -3.55. The number of hydrogen-bond acceptors (Lipinski definition) is 3. The molecule has 1 aromatic carbocycles. The number of carboxylic acid groups (broad SMARTS) is 1. The Morgan fingerprint density at radius 3 is 2.53 bits per heavy atom. The average Bonchev–Trinajstić information content (AvgIpc) is 2.15. The molecule has 0 saturated carbocycles. The molecule has 1 N–H and O–H groups in total. The summed E-state index contributed by atoms with van der Waals surface area (Å²) in [6, 6.07) is 3.60. The summed E-state index contributed by atoms with van der Waals surface area (Å²) in [5.74, 6) is -1.48. The van der Waals surface area contributed by atoms with Crippen LogP contribution in [0.2, 0.25) is 5.02 Å². The fourth-order valence-corrected chi connectivity index (χ4v) is 2.86. The number of halogens is 1. The predicted octanol–water partition coefficient (Wildman–Crippen LogP) is 2.39. The van der Waals surface area contributed by atoms with E-state index in [1.165, 1.54) is 12.1 Å². The van der Waals surface area contributed by atoms with Gasteiger partial charge in [-0.1, -0.05) is 23.8 Å². The number of rotatable bonds is 4. The number of carboxylic acids is 1. The van der Waals surface area contributed by atoms with Crippen molar-refractivity contribution in [1.82, 2.24) is 0 Å². The molecule has 0 heterocycles. The Hall–Kier alpha value is -1.33. The largest absolute Gasteiger partial charge is 0.478 e. The molecule has 17 heavy (non-hydrogen) atoms. The van der Waals surface area contributed by atoms with Crippen LogP contribution in [0.4, 0.5) is 0 Å². The Bertz CT molecular complexity index is 575. The van der Waals surface area contributed by atoms with Gasteiger partial charge in [-0.25, -0.2) is 13.2 Å². The zero-order valence-corrected chi connectivity index (χ0v) is 10.7. The van der Waals surface area contributed by atoms with Gasteiger partial charge in [0.05, 0.1) is 21.2 Å². The summed E-state index contributed by atoms with van der Waals surface area (Å²) in [5.41, 5.74) is 0.256.